The Labute approximate surface area is 137 Å². The fourth-order valence-electron chi connectivity index (χ4n) is 2.57. The van der Waals surface area contributed by atoms with E-state index in [1.807, 2.05) is 11.0 Å². The van der Waals surface area contributed by atoms with Crippen molar-refractivity contribution in [2.24, 2.45) is 0 Å². The molecule has 6 nitrogen and oxygen atoms in total. The summed E-state index contributed by atoms with van der Waals surface area (Å²) in [6.07, 6.45) is 3.38. The monoisotopic (exact) mass is 319 g/mol. The Morgan fingerprint density at radius 3 is 2.74 bits per heavy atom. The van der Waals surface area contributed by atoms with Gasteiger partial charge < -0.3 is 20.3 Å². The minimum Gasteiger partial charge on any atom is -0.383 e. The maximum atomic E-state index is 12.1. The van der Waals surface area contributed by atoms with Gasteiger partial charge >= 0.3 is 0 Å². The topological polar surface area (TPSA) is 70.7 Å². The van der Waals surface area contributed by atoms with Gasteiger partial charge in [-0.2, -0.15) is 0 Å². The summed E-state index contributed by atoms with van der Waals surface area (Å²) in [5, 5.41) is 5.89. The first kappa shape index (κ1) is 17.3. The lowest BCUT2D eigenvalue weighted by Gasteiger charge is -2.26. The van der Waals surface area contributed by atoms with Crippen LogP contribution in [0.25, 0.3) is 0 Å². The van der Waals surface area contributed by atoms with Crippen LogP contribution in [0.4, 0.5) is 5.69 Å². The van der Waals surface area contributed by atoms with Crippen LogP contribution in [0.3, 0.4) is 0 Å². The molecule has 23 heavy (non-hydrogen) atoms. The van der Waals surface area contributed by atoms with Crippen LogP contribution in [0.5, 0.6) is 0 Å². The van der Waals surface area contributed by atoms with Crippen molar-refractivity contribution in [3.8, 4) is 0 Å². The Hall–Kier alpha value is -2.08. The average molecular weight is 319 g/mol. The fraction of sp³-hybridized carbons (Fsp3) is 0.529. The predicted octanol–water partition coefficient (Wildman–Crippen LogP) is 1.49. The van der Waals surface area contributed by atoms with Crippen LogP contribution in [0.15, 0.2) is 24.3 Å². The van der Waals surface area contributed by atoms with Gasteiger partial charge in [-0.15, -0.1) is 0 Å². The van der Waals surface area contributed by atoms with Crippen molar-refractivity contribution in [2.45, 2.75) is 19.3 Å². The number of hydrogen-bond acceptors (Lipinski definition) is 4. The van der Waals surface area contributed by atoms with Gasteiger partial charge in [0.05, 0.1) is 13.2 Å². The third kappa shape index (κ3) is 5.56. The van der Waals surface area contributed by atoms with Gasteiger partial charge in [-0.1, -0.05) is 6.07 Å². The van der Waals surface area contributed by atoms with E-state index in [1.165, 1.54) is 6.42 Å². The summed E-state index contributed by atoms with van der Waals surface area (Å²) < 4.78 is 4.91. The molecule has 126 valence electrons. The quantitative estimate of drug-likeness (QED) is 0.747. The molecule has 0 atom stereocenters. The van der Waals surface area contributed by atoms with Crippen LogP contribution in [0.2, 0.25) is 0 Å². The zero-order valence-corrected chi connectivity index (χ0v) is 13.6. The highest BCUT2D eigenvalue weighted by Crippen LogP contribution is 2.12. The fourth-order valence-corrected chi connectivity index (χ4v) is 2.57. The van der Waals surface area contributed by atoms with E-state index < -0.39 is 0 Å². The standard InChI is InChI=1S/C17H25N3O3/c1-23-11-8-18-17(22)14-6-5-7-15(12-14)19-13-16(21)20-9-3-2-4-10-20/h5-7,12,19H,2-4,8-11,13H2,1H3,(H,18,22). The van der Waals surface area contributed by atoms with E-state index in [2.05, 4.69) is 10.6 Å². The van der Waals surface area contributed by atoms with Crippen molar-refractivity contribution >= 4 is 17.5 Å². The molecule has 2 N–H and O–H groups in total. The van der Waals surface area contributed by atoms with E-state index in [1.54, 1.807) is 25.3 Å². The number of ether oxygens (including phenoxy) is 1. The molecule has 1 aromatic carbocycles. The van der Waals surface area contributed by atoms with Gasteiger partial charge in [0.25, 0.3) is 5.91 Å². The van der Waals surface area contributed by atoms with Crippen molar-refractivity contribution in [3.05, 3.63) is 29.8 Å². The Kier molecular flexibility index (Phi) is 6.87. The second-order valence-electron chi connectivity index (χ2n) is 5.62. The summed E-state index contributed by atoms with van der Waals surface area (Å²) in [4.78, 5) is 26.0. The molecule has 0 bridgehead atoms. The average Bonchev–Trinajstić information content (AvgIpc) is 2.61. The number of carbonyl (C=O) groups excluding carboxylic acids is 2. The Morgan fingerprint density at radius 1 is 1.22 bits per heavy atom. The minimum atomic E-state index is -0.145. The van der Waals surface area contributed by atoms with Crippen molar-refractivity contribution in [1.29, 1.82) is 0 Å². The van der Waals surface area contributed by atoms with E-state index in [0.29, 0.717) is 18.7 Å². The number of benzene rings is 1. The molecule has 1 aliphatic rings. The Morgan fingerprint density at radius 2 is 2.00 bits per heavy atom. The normalized spacial score (nSPS) is 14.4. The lowest BCUT2D eigenvalue weighted by atomic mass is 10.1. The van der Waals surface area contributed by atoms with Gasteiger partial charge in [-0.25, -0.2) is 0 Å². The molecule has 0 aliphatic carbocycles. The molecule has 0 radical (unpaired) electrons. The molecular formula is C17H25N3O3. The van der Waals surface area contributed by atoms with E-state index >= 15 is 0 Å². The van der Waals surface area contributed by atoms with Crippen LogP contribution in [0, 0.1) is 0 Å². The lowest BCUT2D eigenvalue weighted by molar-refractivity contribution is -0.130. The SMILES string of the molecule is COCCNC(=O)c1cccc(NCC(=O)N2CCCCC2)c1. The van der Waals surface area contributed by atoms with Crippen molar-refractivity contribution < 1.29 is 14.3 Å². The maximum absolute atomic E-state index is 12.1. The van der Waals surface area contributed by atoms with E-state index in [0.717, 1.165) is 31.6 Å². The zero-order valence-electron chi connectivity index (χ0n) is 13.6. The molecular weight excluding hydrogens is 294 g/mol. The number of nitrogens with zero attached hydrogens (tertiary/aromatic N) is 1. The van der Waals surface area contributed by atoms with Gasteiger partial charge in [0.1, 0.15) is 0 Å². The molecule has 0 saturated carbocycles. The van der Waals surface area contributed by atoms with E-state index in [9.17, 15) is 9.59 Å². The summed E-state index contributed by atoms with van der Waals surface area (Å²) in [5.41, 5.74) is 1.34. The van der Waals surface area contributed by atoms with Crippen molar-refractivity contribution in [3.63, 3.8) is 0 Å². The van der Waals surface area contributed by atoms with Gasteiger partial charge in [0, 0.05) is 38.0 Å². The summed E-state index contributed by atoms with van der Waals surface area (Å²) in [5.74, 6) is -0.0345. The zero-order chi connectivity index (χ0) is 16.5. The molecule has 2 rings (SSSR count). The van der Waals surface area contributed by atoms with Gasteiger partial charge in [0.2, 0.25) is 5.91 Å². The summed E-state index contributed by atoms with van der Waals surface area (Å²) in [7, 11) is 1.59. The smallest absolute Gasteiger partial charge is 0.251 e. The van der Waals surface area contributed by atoms with Crippen LogP contribution >= 0.6 is 0 Å². The highest BCUT2D eigenvalue weighted by atomic mass is 16.5. The minimum absolute atomic E-state index is 0.111. The molecule has 1 saturated heterocycles. The van der Waals surface area contributed by atoms with Crippen LogP contribution < -0.4 is 10.6 Å². The molecule has 2 amide bonds. The first-order valence-corrected chi connectivity index (χ1v) is 8.09. The van der Waals surface area contributed by atoms with Crippen molar-refractivity contribution in [2.75, 3.05) is 45.2 Å². The molecule has 0 aromatic heterocycles. The van der Waals surface area contributed by atoms with Crippen LogP contribution in [-0.4, -0.2) is 56.6 Å². The second kappa shape index (κ2) is 9.15. The molecule has 0 unspecified atom stereocenters. The predicted molar refractivity (Wildman–Crippen MR) is 89.6 cm³/mol. The van der Waals surface area contributed by atoms with Crippen LogP contribution in [-0.2, 0) is 9.53 Å². The maximum Gasteiger partial charge on any atom is 0.251 e. The molecule has 6 heteroatoms. The Balaban J connectivity index is 1.84. The summed E-state index contributed by atoms with van der Waals surface area (Å²) in [6, 6.07) is 7.17. The number of hydrogen-bond donors (Lipinski definition) is 2. The third-order valence-corrected chi connectivity index (χ3v) is 3.87. The Bertz CT molecular complexity index is 528. The number of piperidine rings is 1. The van der Waals surface area contributed by atoms with Crippen molar-refractivity contribution in [1.82, 2.24) is 10.2 Å². The number of nitrogens with one attached hydrogen (secondary N) is 2. The lowest BCUT2D eigenvalue weighted by Crippen LogP contribution is -2.39. The first-order valence-electron chi connectivity index (χ1n) is 8.09. The van der Waals surface area contributed by atoms with Gasteiger partial charge in [-0.05, 0) is 37.5 Å². The highest BCUT2D eigenvalue weighted by Gasteiger charge is 2.16. The second-order valence-corrected chi connectivity index (χ2v) is 5.62. The number of carbonyl (C=O) groups is 2. The number of methoxy groups -OCH3 is 1. The molecule has 1 heterocycles. The van der Waals surface area contributed by atoms with Gasteiger partial charge in [0.15, 0.2) is 0 Å². The third-order valence-electron chi connectivity index (χ3n) is 3.87. The number of likely N-dealkylation sites (tertiary alicyclic amines) is 1. The summed E-state index contributed by atoms with van der Waals surface area (Å²) in [6.45, 7) is 2.91. The van der Waals surface area contributed by atoms with E-state index in [4.69, 9.17) is 4.74 Å². The number of rotatable bonds is 7. The highest BCUT2D eigenvalue weighted by molar-refractivity contribution is 5.95. The molecule has 0 spiro atoms. The first-order chi connectivity index (χ1) is 11.2. The number of amides is 2. The largest absolute Gasteiger partial charge is 0.383 e. The molecule has 1 fully saturated rings. The molecule has 1 aliphatic heterocycles. The number of anilines is 1. The van der Waals surface area contributed by atoms with Crippen LogP contribution in [0.1, 0.15) is 29.6 Å². The molecule has 1 aromatic rings. The summed E-state index contributed by atoms with van der Waals surface area (Å²) >= 11 is 0. The van der Waals surface area contributed by atoms with E-state index in [-0.39, 0.29) is 18.4 Å². The van der Waals surface area contributed by atoms with Gasteiger partial charge in [-0.3, -0.25) is 9.59 Å².